The molecular weight excluding hydrogens is 378 g/mol. The van der Waals surface area contributed by atoms with E-state index in [4.69, 9.17) is 19.7 Å². The predicted octanol–water partition coefficient (Wildman–Crippen LogP) is 4.34. The van der Waals surface area contributed by atoms with Crippen molar-refractivity contribution in [1.29, 1.82) is 0 Å². The number of nitrogens with two attached hydrogens (primary N) is 1. The number of benzene rings is 2. The summed E-state index contributed by atoms with van der Waals surface area (Å²) in [5.74, 6) is 2.51. The van der Waals surface area contributed by atoms with Crippen molar-refractivity contribution in [3.8, 4) is 23.0 Å². The lowest BCUT2D eigenvalue weighted by molar-refractivity contribution is 0.217. The zero-order valence-electron chi connectivity index (χ0n) is 15.5. The molecule has 28 heavy (non-hydrogen) atoms. The summed E-state index contributed by atoms with van der Waals surface area (Å²) in [6.07, 6.45) is 3.98. The highest BCUT2D eigenvalue weighted by molar-refractivity contribution is 5.85. The minimum atomic E-state index is -0.471. The molecule has 1 saturated carbocycles. The van der Waals surface area contributed by atoms with Crippen LogP contribution in [0.25, 0.3) is 11.5 Å². The Morgan fingerprint density at radius 3 is 2.39 bits per heavy atom. The molecule has 2 aromatic carbocycles. The lowest BCUT2D eigenvalue weighted by Gasteiger charge is -2.17. The smallest absolute Gasteiger partial charge is 0.261 e. The lowest BCUT2D eigenvalue weighted by atomic mass is 9.99. The van der Waals surface area contributed by atoms with Crippen LogP contribution in [0.4, 0.5) is 0 Å². The van der Waals surface area contributed by atoms with Gasteiger partial charge in [0, 0.05) is 0 Å². The molecule has 0 aliphatic heterocycles. The zero-order chi connectivity index (χ0) is 18.5. The average Bonchev–Trinajstić information content (AvgIpc) is 3.37. The molecule has 0 saturated heterocycles. The third-order valence-corrected chi connectivity index (χ3v) is 4.84. The van der Waals surface area contributed by atoms with Crippen molar-refractivity contribution in [1.82, 2.24) is 10.1 Å². The first-order chi connectivity index (χ1) is 13.2. The van der Waals surface area contributed by atoms with E-state index in [1.165, 1.54) is 0 Å². The van der Waals surface area contributed by atoms with Crippen LogP contribution in [0.15, 0.2) is 59.1 Å². The first-order valence-corrected chi connectivity index (χ1v) is 9.28. The second-order valence-corrected chi connectivity index (χ2v) is 6.79. The summed E-state index contributed by atoms with van der Waals surface area (Å²) in [4.78, 5) is 4.56. The third-order valence-electron chi connectivity index (χ3n) is 4.84. The lowest BCUT2D eigenvalue weighted by Crippen LogP contribution is -2.34. The highest BCUT2D eigenvalue weighted by Gasteiger charge is 2.36. The van der Waals surface area contributed by atoms with E-state index in [1.807, 2.05) is 54.6 Å². The maximum Gasteiger partial charge on any atom is 0.261 e. The zero-order valence-corrected chi connectivity index (χ0v) is 16.4. The average molecular weight is 402 g/mol. The van der Waals surface area contributed by atoms with Gasteiger partial charge in [-0.3, -0.25) is 0 Å². The van der Waals surface area contributed by atoms with Crippen LogP contribution in [0, 0.1) is 0 Å². The summed E-state index contributed by atoms with van der Waals surface area (Å²) >= 11 is 0. The summed E-state index contributed by atoms with van der Waals surface area (Å²) in [6.45, 7) is 0.854. The van der Waals surface area contributed by atoms with Gasteiger partial charge >= 0.3 is 0 Å². The number of nitrogens with zero attached hydrogens (tertiary/aromatic N) is 2. The number of hydrogen-bond donors (Lipinski definition) is 1. The van der Waals surface area contributed by atoms with E-state index in [2.05, 4.69) is 10.1 Å². The molecular formula is C21H24ClN3O3. The molecule has 4 rings (SSSR count). The van der Waals surface area contributed by atoms with E-state index >= 15 is 0 Å². The Morgan fingerprint density at radius 2 is 1.61 bits per heavy atom. The molecule has 1 heterocycles. The van der Waals surface area contributed by atoms with Gasteiger partial charge in [-0.15, -0.1) is 12.4 Å². The van der Waals surface area contributed by atoms with E-state index < -0.39 is 5.54 Å². The molecule has 1 aromatic heterocycles. The van der Waals surface area contributed by atoms with Gasteiger partial charge < -0.3 is 19.7 Å². The molecule has 0 atom stereocenters. The number of rotatable bonds is 7. The topological polar surface area (TPSA) is 83.4 Å². The van der Waals surface area contributed by atoms with Crippen LogP contribution in [-0.4, -0.2) is 23.4 Å². The van der Waals surface area contributed by atoms with Gasteiger partial charge in [-0.2, -0.15) is 4.98 Å². The third kappa shape index (κ3) is 4.46. The Morgan fingerprint density at radius 1 is 0.929 bits per heavy atom. The van der Waals surface area contributed by atoms with E-state index in [0.717, 1.165) is 37.0 Å². The van der Waals surface area contributed by atoms with Crippen LogP contribution in [0.3, 0.4) is 0 Å². The maximum atomic E-state index is 6.43. The first kappa shape index (κ1) is 20.2. The van der Waals surface area contributed by atoms with Crippen LogP contribution in [0.5, 0.6) is 11.5 Å². The van der Waals surface area contributed by atoms with Crippen molar-refractivity contribution in [2.24, 2.45) is 5.73 Å². The van der Waals surface area contributed by atoms with Crippen molar-refractivity contribution in [2.75, 3.05) is 13.2 Å². The van der Waals surface area contributed by atoms with Crippen molar-refractivity contribution in [3.63, 3.8) is 0 Å². The van der Waals surface area contributed by atoms with Gasteiger partial charge in [0.25, 0.3) is 5.89 Å². The van der Waals surface area contributed by atoms with Crippen LogP contribution < -0.4 is 15.2 Å². The molecule has 0 amide bonds. The fourth-order valence-corrected chi connectivity index (χ4v) is 3.36. The van der Waals surface area contributed by atoms with Crippen LogP contribution in [0.1, 0.15) is 31.5 Å². The molecule has 1 fully saturated rings. The van der Waals surface area contributed by atoms with Crippen LogP contribution in [-0.2, 0) is 5.54 Å². The molecule has 0 radical (unpaired) electrons. The number of aromatic nitrogens is 2. The van der Waals surface area contributed by atoms with Crippen LogP contribution in [0.2, 0.25) is 0 Å². The summed E-state index contributed by atoms with van der Waals surface area (Å²) in [7, 11) is 0. The highest BCUT2D eigenvalue weighted by Crippen LogP contribution is 2.36. The van der Waals surface area contributed by atoms with Crippen LogP contribution >= 0.6 is 12.4 Å². The van der Waals surface area contributed by atoms with Gasteiger partial charge in [-0.25, -0.2) is 0 Å². The number of ether oxygens (including phenoxy) is 2. The Balaban J connectivity index is 0.00000225. The molecule has 3 aromatic rings. The molecule has 7 heteroatoms. The summed E-state index contributed by atoms with van der Waals surface area (Å²) in [6, 6.07) is 17.3. The second kappa shape index (κ2) is 9.08. The van der Waals surface area contributed by atoms with Gasteiger partial charge in [-0.05, 0) is 37.1 Å². The van der Waals surface area contributed by atoms with Gasteiger partial charge in [0.05, 0.1) is 11.1 Å². The summed E-state index contributed by atoms with van der Waals surface area (Å²) < 4.78 is 17.0. The Kier molecular flexibility index (Phi) is 6.54. The molecule has 0 unspecified atom stereocenters. The van der Waals surface area contributed by atoms with Crippen molar-refractivity contribution in [3.05, 3.63) is 60.4 Å². The molecule has 148 valence electrons. The van der Waals surface area contributed by atoms with Crippen molar-refractivity contribution < 1.29 is 14.0 Å². The quantitative estimate of drug-likeness (QED) is 0.593. The second-order valence-electron chi connectivity index (χ2n) is 6.79. The minimum Gasteiger partial charge on any atom is -0.490 e. The largest absolute Gasteiger partial charge is 0.490 e. The van der Waals surface area contributed by atoms with E-state index in [1.54, 1.807) is 0 Å². The molecule has 2 N–H and O–H groups in total. The monoisotopic (exact) mass is 401 g/mol. The van der Waals surface area contributed by atoms with E-state index in [-0.39, 0.29) is 12.4 Å². The Hall–Kier alpha value is -2.57. The fourth-order valence-electron chi connectivity index (χ4n) is 3.36. The van der Waals surface area contributed by atoms with Gasteiger partial charge in [0.1, 0.15) is 24.7 Å². The Labute approximate surface area is 170 Å². The molecule has 0 spiro atoms. The number of halogens is 1. The van der Waals surface area contributed by atoms with E-state index in [0.29, 0.717) is 30.7 Å². The van der Waals surface area contributed by atoms with Crippen molar-refractivity contribution in [2.45, 2.75) is 31.2 Å². The molecule has 0 bridgehead atoms. The Bertz CT molecular complexity index is 879. The molecule has 6 nitrogen and oxygen atoms in total. The normalized spacial score (nSPS) is 15.0. The molecule has 1 aliphatic rings. The minimum absolute atomic E-state index is 0. The SMILES string of the molecule is Cl.NC1(c2noc(-c3ccccc3OCCOc3ccccc3)n2)CCCC1. The summed E-state index contributed by atoms with van der Waals surface area (Å²) in [5, 5.41) is 4.13. The first-order valence-electron chi connectivity index (χ1n) is 9.28. The highest BCUT2D eigenvalue weighted by atomic mass is 35.5. The molecule has 1 aliphatic carbocycles. The standard InChI is InChI=1S/C21H23N3O3.ClH/c22-21(12-6-7-13-21)20-23-19(27-24-20)17-10-4-5-11-18(17)26-15-14-25-16-8-2-1-3-9-16;/h1-5,8-11H,6-7,12-15,22H2;1H. The van der Waals surface area contributed by atoms with E-state index in [9.17, 15) is 0 Å². The van der Waals surface area contributed by atoms with Gasteiger partial charge in [0.15, 0.2) is 5.82 Å². The van der Waals surface area contributed by atoms with Gasteiger partial charge in [-0.1, -0.05) is 48.3 Å². The number of para-hydroxylation sites is 2. The summed E-state index contributed by atoms with van der Waals surface area (Å²) in [5.41, 5.74) is 6.72. The fraction of sp³-hybridized carbons (Fsp3) is 0.333. The van der Waals surface area contributed by atoms with Crippen molar-refractivity contribution >= 4 is 12.4 Å². The predicted molar refractivity (Wildman–Crippen MR) is 109 cm³/mol. The number of hydrogen-bond acceptors (Lipinski definition) is 6. The maximum absolute atomic E-state index is 6.43. The van der Waals surface area contributed by atoms with Gasteiger partial charge in [0.2, 0.25) is 0 Å².